The van der Waals surface area contributed by atoms with Crippen molar-refractivity contribution in [2.24, 2.45) is 4.40 Å². The molecule has 0 N–H and O–H groups in total. The average Bonchev–Trinajstić information content (AvgIpc) is 3.17. The Bertz CT molecular complexity index is 949. The maximum absolute atomic E-state index is 13.0. The largest absolute Gasteiger partial charge is 0.286 e. The molecule has 0 spiro atoms. The second-order valence-corrected chi connectivity index (χ2v) is 8.57. The molecule has 25 heavy (non-hydrogen) atoms. The van der Waals surface area contributed by atoms with E-state index in [1.165, 1.54) is 16.2 Å². The maximum Gasteiger partial charge on any atom is 0.284 e. The fourth-order valence-corrected chi connectivity index (χ4v) is 5.09. The first-order valence-electron chi connectivity index (χ1n) is 7.26. The zero-order chi connectivity index (χ0) is 18.0. The van der Waals surface area contributed by atoms with Gasteiger partial charge in [-0.25, -0.2) is 4.39 Å². The van der Waals surface area contributed by atoms with Gasteiger partial charge in [-0.3, -0.25) is 9.69 Å². The second-order valence-electron chi connectivity index (χ2n) is 4.98. The molecule has 0 bridgehead atoms. The molecule has 2 heterocycles. The molecular weight excluding hydrogens is 383 g/mol. The van der Waals surface area contributed by atoms with E-state index < -0.39 is 15.8 Å². The van der Waals surface area contributed by atoms with Crippen LogP contribution in [0.15, 0.2) is 56.0 Å². The van der Waals surface area contributed by atoms with Crippen molar-refractivity contribution in [3.63, 3.8) is 0 Å². The van der Waals surface area contributed by atoms with Crippen molar-refractivity contribution in [1.29, 1.82) is 0 Å². The molecule has 1 aliphatic heterocycles. The Morgan fingerprint density at radius 1 is 1.24 bits per heavy atom. The molecule has 0 unspecified atom stereocenters. The number of likely N-dealkylation sites (N-methyl/N-ethyl adjacent to an activating group) is 1. The number of sulfonamides is 1. The molecule has 0 saturated carbocycles. The van der Waals surface area contributed by atoms with Crippen LogP contribution in [-0.2, 0) is 14.8 Å². The van der Waals surface area contributed by atoms with Crippen molar-refractivity contribution in [1.82, 2.24) is 4.90 Å². The Labute approximate surface area is 152 Å². The normalized spacial score (nSPS) is 18.5. The zero-order valence-electron chi connectivity index (χ0n) is 13.0. The summed E-state index contributed by atoms with van der Waals surface area (Å²) in [6.07, 6.45) is 1.72. The summed E-state index contributed by atoms with van der Waals surface area (Å²) < 4.78 is 41.6. The van der Waals surface area contributed by atoms with Crippen molar-refractivity contribution >= 4 is 50.3 Å². The van der Waals surface area contributed by atoms with Crippen molar-refractivity contribution in [2.45, 2.75) is 11.8 Å². The first-order valence-corrected chi connectivity index (χ1v) is 10.4. The molecule has 5 nitrogen and oxygen atoms in total. The van der Waals surface area contributed by atoms with Crippen LogP contribution in [0, 0.1) is 5.82 Å². The van der Waals surface area contributed by atoms with Gasteiger partial charge in [-0.15, -0.1) is 15.7 Å². The Morgan fingerprint density at radius 2 is 1.96 bits per heavy atom. The van der Waals surface area contributed by atoms with Crippen LogP contribution in [-0.4, -0.2) is 30.9 Å². The minimum atomic E-state index is -4.03. The Hall–Kier alpha value is -1.97. The molecule has 2 aromatic rings. The number of hydrogen-bond acceptors (Lipinski definition) is 5. The van der Waals surface area contributed by atoms with E-state index in [1.807, 2.05) is 17.5 Å². The van der Waals surface area contributed by atoms with Gasteiger partial charge in [0, 0.05) is 11.4 Å². The van der Waals surface area contributed by atoms with Gasteiger partial charge < -0.3 is 0 Å². The molecule has 1 aliphatic rings. The van der Waals surface area contributed by atoms with Crippen LogP contribution in [0.2, 0.25) is 0 Å². The lowest BCUT2D eigenvalue weighted by Gasteiger charge is -2.11. The third-order valence-electron chi connectivity index (χ3n) is 3.33. The molecule has 1 aromatic carbocycles. The number of hydrogen-bond donors (Lipinski definition) is 0. The Balaban J connectivity index is 1.96. The Morgan fingerprint density at radius 3 is 2.56 bits per heavy atom. The molecule has 3 rings (SSSR count). The van der Waals surface area contributed by atoms with Crippen LogP contribution in [0.4, 0.5) is 4.39 Å². The summed E-state index contributed by atoms with van der Waals surface area (Å²) in [6.45, 7) is 2.04. The second kappa shape index (κ2) is 7.11. The first kappa shape index (κ1) is 17.8. The minimum Gasteiger partial charge on any atom is -0.286 e. The molecule has 0 radical (unpaired) electrons. The van der Waals surface area contributed by atoms with Crippen molar-refractivity contribution in [2.75, 3.05) is 6.54 Å². The smallest absolute Gasteiger partial charge is 0.284 e. The third-order valence-corrected chi connectivity index (χ3v) is 6.55. The van der Waals surface area contributed by atoms with Crippen LogP contribution >= 0.6 is 23.1 Å². The van der Waals surface area contributed by atoms with E-state index in [0.717, 1.165) is 40.9 Å². The van der Waals surface area contributed by atoms with Gasteiger partial charge in [0.05, 0.1) is 9.80 Å². The summed E-state index contributed by atoms with van der Waals surface area (Å²) in [5.74, 6) is -0.817. The van der Waals surface area contributed by atoms with Gasteiger partial charge in [0.1, 0.15) is 5.82 Å². The lowest BCUT2D eigenvalue weighted by Crippen LogP contribution is -2.29. The number of nitrogens with zero attached hydrogens (tertiary/aromatic N) is 2. The molecule has 130 valence electrons. The number of carbonyl (C=O) groups excluding carboxylic acids is 1. The number of amides is 1. The zero-order valence-corrected chi connectivity index (χ0v) is 15.5. The minimum absolute atomic E-state index is 0.0969. The van der Waals surface area contributed by atoms with Gasteiger partial charge >= 0.3 is 0 Å². The summed E-state index contributed by atoms with van der Waals surface area (Å²) in [4.78, 5) is 15.0. The molecule has 1 fully saturated rings. The lowest BCUT2D eigenvalue weighted by molar-refractivity contribution is -0.122. The fourth-order valence-electron chi connectivity index (χ4n) is 2.12. The number of benzene rings is 1. The van der Waals surface area contributed by atoms with Crippen LogP contribution in [0.1, 0.15) is 11.8 Å². The van der Waals surface area contributed by atoms with Gasteiger partial charge in [-0.1, -0.05) is 6.07 Å². The number of halogens is 1. The summed E-state index contributed by atoms with van der Waals surface area (Å²) >= 11 is 2.49. The Kier molecular flexibility index (Phi) is 5.07. The van der Waals surface area contributed by atoms with Crippen LogP contribution in [0.5, 0.6) is 0 Å². The van der Waals surface area contributed by atoms with E-state index in [1.54, 1.807) is 13.0 Å². The van der Waals surface area contributed by atoms with E-state index >= 15 is 0 Å². The standard InChI is InChI=1S/C16H13FN2O3S3/c1-2-19-15(20)14(10-12-4-3-9-23-12)24-16(19)18-25(21,22)13-7-5-11(17)6-8-13/h3-10H,2H2,1H3/b14-10-,18-16?. The number of rotatable bonds is 4. The highest BCUT2D eigenvalue weighted by atomic mass is 32.2. The number of thioether (sulfide) groups is 1. The average molecular weight is 396 g/mol. The molecular formula is C16H13FN2O3S3. The third kappa shape index (κ3) is 3.83. The summed E-state index contributed by atoms with van der Waals surface area (Å²) in [5.41, 5.74) is 0. The van der Waals surface area contributed by atoms with Crippen LogP contribution in [0.3, 0.4) is 0 Å². The molecule has 1 aromatic heterocycles. The van der Waals surface area contributed by atoms with Crippen LogP contribution in [0.25, 0.3) is 6.08 Å². The lowest BCUT2D eigenvalue weighted by atomic mass is 10.4. The summed E-state index contributed by atoms with van der Waals surface area (Å²) in [6, 6.07) is 8.14. The van der Waals surface area contributed by atoms with Crippen molar-refractivity contribution in [3.05, 3.63) is 57.4 Å². The topological polar surface area (TPSA) is 66.8 Å². The predicted octanol–water partition coefficient (Wildman–Crippen LogP) is 3.57. The van der Waals surface area contributed by atoms with E-state index in [-0.39, 0.29) is 16.0 Å². The van der Waals surface area contributed by atoms with Crippen molar-refractivity contribution < 1.29 is 17.6 Å². The van der Waals surface area contributed by atoms with E-state index in [0.29, 0.717) is 11.4 Å². The summed E-state index contributed by atoms with van der Waals surface area (Å²) in [7, 11) is -4.03. The van der Waals surface area contributed by atoms with Gasteiger partial charge in [0.2, 0.25) is 0 Å². The number of amidine groups is 1. The first-order chi connectivity index (χ1) is 11.9. The summed E-state index contributed by atoms with van der Waals surface area (Å²) in [5, 5.41) is 1.99. The molecule has 0 aliphatic carbocycles. The highest BCUT2D eigenvalue weighted by Crippen LogP contribution is 2.34. The molecule has 1 amide bonds. The van der Waals surface area contributed by atoms with E-state index in [9.17, 15) is 17.6 Å². The molecule has 1 saturated heterocycles. The predicted molar refractivity (Wildman–Crippen MR) is 98.3 cm³/mol. The number of thiophene rings is 1. The van der Waals surface area contributed by atoms with Gasteiger partial charge in [-0.05, 0) is 60.5 Å². The highest BCUT2D eigenvalue weighted by molar-refractivity contribution is 8.19. The fraction of sp³-hybridized carbons (Fsp3) is 0.125. The molecule has 9 heteroatoms. The quantitative estimate of drug-likeness (QED) is 0.741. The SMILES string of the molecule is CCN1C(=O)/C(=C/c2cccs2)SC1=NS(=O)(=O)c1ccc(F)cc1. The van der Waals surface area contributed by atoms with E-state index in [4.69, 9.17) is 0 Å². The molecule has 0 atom stereocenters. The van der Waals surface area contributed by atoms with Gasteiger partial charge in [0.15, 0.2) is 5.17 Å². The van der Waals surface area contributed by atoms with Crippen molar-refractivity contribution in [3.8, 4) is 0 Å². The van der Waals surface area contributed by atoms with E-state index in [2.05, 4.69) is 4.40 Å². The van der Waals surface area contributed by atoms with Gasteiger partial charge in [0.25, 0.3) is 15.9 Å². The highest BCUT2D eigenvalue weighted by Gasteiger charge is 2.34. The number of carbonyl (C=O) groups is 1. The van der Waals surface area contributed by atoms with Gasteiger partial charge in [-0.2, -0.15) is 8.42 Å². The maximum atomic E-state index is 13.0. The monoisotopic (exact) mass is 396 g/mol. The van der Waals surface area contributed by atoms with Crippen LogP contribution < -0.4 is 0 Å².